The fraction of sp³-hybridized carbons (Fsp3) is 0.263. The van der Waals surface area contributed by atoms with E-state index >= 15 is 0 Å². The van der Waals surface area contributed by atoms with Gasteiger partial charge in [0.15, 0.2) is 18.2 Å². The molecule has 0 aliphatic carbocycles. The molecule has 0 saturated carbocycles. The molecule has 6 nitrogen and oxygen atoms in total. The molecular weight excluding hydrogens is 339 g/mol. The normalized spacial score (nSPS) is 10.1. The van der Waals surface area contributed by atoms with E-state index in [1.54, 1.807) is 50.5 Å². The second-order valence-electron chi connectivity index (χ2n) is 5.68. The number of para-hydroxylation sites is 1. The number of amides is 2. The van der Waals surface area contributed by atoms with Crippen LogP contribution < -0.4 is 14.8 Å². The fourth-order valence-corrected chi connectivity index (χ4v) is 1.95. The predicted molar refractivity (Wildman–Crippen MR) is 95.8 cm³/mol. The van der Waals surface area contributed by atoms with Gasteiger partial charge >= 0.3 is 0 Å². The monoisotopic (exact) mass is 360 g/mol. The van der Waals surface area contributed by atoms with E-state index < -0.39 is 5.82 Å². The van der Waals surface area contributed by atoms with E-state index in [2.05, 4.69) is 5.32 Å². The van der Waals surface area contributed by atoms with Crippen LogP contribution in [0.2, 0.25) is 0 Å². The summed E-state index contributed by atoms with van der Waals surface area (Å²) in [5.74, 6) is -0.207. The van der Waals surface area contributed by atoms with Gasteiger partial charge in [-0.1, -0.05) is 12.1 Å². The van der Waals surface area contributed by atoms with Crippen LogP contribution in [0.25, 0.3) is 0 Å². The zero-order chi connectivity index (χ0) is 18.9. The first kappa shape index (κ1) is 19.2. The van der Waals surface area contributed by atoms with Gasteiger partial charge in [0.25, 0.3) is 5.91 Å². The summed E-state index contributed by atoms with van der Waals surface area (Å²) in [6, 6.07) is 12.7. The van der Waals surface area contributed by atoms with Crippen molar-refractivity contribution < 1.29 is 23.5 Å². The zero-order valence-corrected chi connectivity index (χ0v) is 14.7. The van der Waals surface area contributed by atoms with Crippen LogP contribution in [0.5, 0.6) is 11.5 Å². The van der Waals surface area contributed by atoms with Gasteiger partial charge in [-0.05, 0) is 36.4 Å². The molecule has 0 spiro atoms. The maximum absolute atomic E-state index is 13.4. The Morgan fingerprint density at radius 2 is 1.73 bits per heavy atom. The van der Waals surface area contributed by atoms with Crippen molar-refractivity contribution in [3.05, 3.63) is 54.3 Å². The number of carbonyl (C=O) groups is 2. The van der Waals surface area contributed by atoms with E-state index in [-0.39, 0.29) is 37.2 Å². The highest BCUT2D eigenvalue weighted by atomic mass is 19.1. The lowest BCUT2D eigenvalue weighted by Gasteiger charge is -2.12. The Morgan fingerprint density at radius 1 is 1.04 bits per heavy atom. The number of halogens is 1. The van der Waals surface area contributed by atoms with Crippen molar-refractivity contribution in [1.29, 1.82) is 0 Å². The van der Waals surface area contributed by atoms with E-state index in [0.717, 1.165) is 0 Å². The number of carbonyl (C=O) groups excluding carboxylic acids is 2. The van der Waals surface area contributed by atoms with Gasteiger partial charge < -0.3 is 19.7 Å². The van der Waals surface area contributed by atoms with Gasteiger partial charge in [0, 0.05) is 19.8 Å². The lowest BCUT2D eigenvalue weighted by Crippen LogP contribution is -2.27. The largest absolute Gasteiger partial charge is 0.490 e. The molecule has 0 saturated heterocycles. The summed E-state index contributed by atoms with van der Waals surface area (Å²) < 4.78 is 24.0. The molecule has 26 heavy (non-hydrogen) atoms. The molecule has 0 aromatic heterocycles. The molecule has 0 radical (unpaired) electrons. The minimum absolute atomic E-state index is 0.0495. The Labute approximate surface area is 151 Å². The Hall–Kier alpha value is -3.09. The molecule has 0 aliphatic heterocycles. The minimum Gasteiger partial charge on any atom is -0.490 e. The van der Waals surface area contributed by atoms with Crippen LogP contribution in [0.3, 0.4) is 0 Å². The predicted octanol–water partition coefficient (Wildman–Crippen LogP) is 2.70. The number of ether oxygens (including phenoxy) is 2. The van der Waals surface area contributed by atoms with Crippen molar-refractivity contribution in [2.24, 2.45) is 0 Å². The highest BCUT2D eigenvalue weighted by Crippen LogP contribution is 2.17. The third-order valence-electron chi connectivity index (χ3n) is 3.42. The first-order valence-corrected chi connectivity index (χ1v) is 8.06. The summed E-state index contributed by atoms with van der Waals surface area (Å²) in [6.07, 6.45) is 0.0872. The highest BCUT2D eigenvalue weighted by molar-refractivity contribution is 5.90. The van der Waals surface area contributed by atoms with E-state index in [9.17, 15) is 14.0 Å². The van der Waals surface area contributed by atoms with Gasteiger partial charge in [0.2, 0.25) is 5.91 Å². The quantitative estimate of drug-likeness (QED) is 0.786. The summed E-state index contributed by atoms with van der Waals surface area (Å²) in [4.78, 5) is 24.8. The number of hydrogen-bond donors (Lipinski definition) is 1. The molecule has 7 heteroatoms. The zero-order valence-electron chi connectivity index (χ0n) is 14.7. The lowest BCUT2D eigenvalue weighted by atomic mass is 10.3. The SMILES string of the molecule is CN(C)C(=O)COc1ccc(NC(=O)CCOc2ccccc2F)cc1. The lowest BCUT2D eigenvalue weighted by molar-refractivity contribution is -0.130. The summed E-state index contributed by atoms with van der Waals surface area (Å²) in [5.41, 5.74) is 0.590. The Kier molecular flexibility index (Phi) is 6.96. The van der Waals surface area contributed by atoms with Gasteiger partial charge in [0.1, 0.15) is 5.75 Å². The number of nitrogens with zero attached hydrogens (tertiary/aromatic N) is 1. The molecule has 0 bridgehead atoms. The fourth-order valence-electron chi connectivity index (χ4n) is 1.95. The first-order chi connectivity index (χ1) is 12.5. The standard InChI is InChI=1S/C19H21FN2O4/c1-22(2)19(24)13-26-15-9-7-14(8-10-15)21-18(23)11-12-25-17-6-4-3-5-16(17)20/h3-10H,11-13H2,1-2H3,(H,21,23). The van der Waals surface area contributed by atoms with Gasteiger partial charge in [-0.3, -0.25) is 9.59 Å². The van der Waals surface area contributed by atoms with Gasteiger partial charge in [-0.25, -0.2) is 4.39 Å². The molecule has 2 amide bonds. The molecule has 0 aliphatic rings. The van der Waals surface area contributed by atoms with Crippen LogP contribution in [0.1, 0.15) is 6.42 Å². The van der Waals surface area contributed by atoms with Crippen LogP contribution in [0.4, 0.5) is 10.1 Å². The molecule has 1 N–H and O–H groups in total. The molecule has 2 aromatic carbocycles. The van der Waals surface area contributed by atoms with E-state index in [1.165, 1.54) is 17.0 Å². The van der Waals surface area contributed by atoms with Crippen LogP contribution in [-0.4, -0.2) is 44.0 Å². The number of benzene rings is 2. The second-order valence-corrected chi connectivity index (χ2v) is 5.68. The molecule has 0 atom stereocenters. The number of nitrogens with one attached hydrogen (secondary N) is 1. The molecule has 0 heterocycles. The molecular formula is C19H21FN2O4. The molecule has 0 fully saturated rings. The van der Waals surface area contributed by atoms with Gasteiger partial charge in [0.05, 0.1) is 13.0 Å². The maximum Gasteiger partial charge on any atom is 0.259 e. The van der Waals surface area contributed by atoms with E-state index in [0.29, 0.717) is 11.4 Å². The molecule has 138 valence electrons. The molecule has 2 rings (SSSR count). The number of rotatable bonds is 8. The number of likely N-dealkylation sites (N-methyl/N-ethyl adjacent to an activating group) is 1. The third-order valence-corrected chi connectivity index (χ3v) is 3.42. The van der Waals surface area contributed by atoms with Crippen LogP contribution in [0, 0.1) is 5.82 Å². The highest BCUT2D eigenvalue weighted by Gasteiger charge is 2.07. The van der Waals surface area contributed by atoms with Crippen molar-refractivity contribution in [1.82, 2.24) is 4.90 Å². The van der Waals surface area contributed by atoms with Crippen molar-refractivity contribution in [3.8, 4) is 11.5 Å². The van der Waals surface area contributed by atoms with Crippen molar-refractivity contribution >= 4 is 17.5 Å². The number of anilines is 1. The average molecular weight is 360 g/mol. The van der Waals surface area contributed by atoms with Gasteiger partial charge in [-0.2, -0.15) is 0 Å². The summed E-state index contributed by atoms with van der Waals surface area (Å²) >= 11 is 0. The maximum atomic E-state index is 13.4. The minimum atomic E-state index is -0.462. The number of hydrogen-bond acceptors (Lipinski definition) is 4. The average Bonchev–Trinajstić information content (AvgIpc) is 2.62. The summed E-state index contributed by atoms with van der Waals surface area (Å²) in [6.45, 7) is 0.0205. The third kappa shape index (κ3) is 6.08. The van der Waals surface area contributed by atoms with Crippen molar-refractivity contribution in [2.45, 2.75) is 6.42 Å². The second kappa shape index (κ2) is 9.41. The van der Waals surface area contributed by atoms with Gasteiger partial charge in [-0.15, -0.1) is 0 Å². The molecule has 2 aromatic rings. The topological polar surface area (TPSA) is 67.9 Å². The van der Waals surface area contributed by atoms with E-state index in [4.69, 9.17) is 9.47 Å². The Balaban J connectivity index is 1.75. The summed E-state index contributed by atoms with van der Waals surface area (Å²) in [5, 5.41) is 2.71. The van der Waals surface area contributed by atoms with Crippen LogP contribution in [-0.2, 0) is 9.59 Å². The van der Waals surface area contributed by atoms with E-state index in [1.807, 2.05) is 0 Å². The first-order valence-electron chi connectivity index (χ1n) is 8.06. The Bertz CT molecular complexity index is 747. The van der Waals surface area contributed by atoms with Crippen LogP contribution >= 0.6 is 0 Å². The van der Waals surface area contributed by atoms with Crippen molar-refractivity contribution in [3.63, 3.8) is 0 Å². The molecule has 0 unspecified atom stereocenters. The smallest absolute Gasteiger partial charge is 0.259 e. The Morgan fingerprint density at radius 3 is 2.38 bits per heavy atom. The van der Waals surface area contributed by atoms with Crippen LogP contribution in [0.15, 0.2) is 48.5 Å². The van der Waals surface area contributed by atoms with Crippen molar-refractivity contribution in [2.75, 3.05) is 32.6 Å². The summed E-state index contributed by atoms with van der Waals surface area (Å²) in [7, 11) is 3.31.